The summed E-state index contributed by atoms with van der Waals surface area (Å²) in [5.74, 6) is 0.646. The van der Waals surface area contributed by atoms with Gasteiger partial charge in [-0.15, -0.1) is 0 Å². The Morgan fingerprint density at radius 2 is 2.13 bits per heavy atom. The molecule has 1 atom stereocenters. The molecule has 0 saturated carbocycles. The highest BCUT2D eigenvalue weighted by Crippen LogP contribution is 2.20. The molecule has 1 aliphatic rings. The lowest BCUT2D eigenvalue weighted by atomic mass is 9.97. The predicted molar refractivity (Wildman–Crippen MR) is 90.9 cm³/mol. The lowest BCUT2D eigenvalue weighted by Gasteiger charge is -2.32. The van der Waals surface area contributed by atoms with Crippen molar-refractivity contribution in [3.8, 4) is 5.69 Å². The minimum absolute atomic E-state index is 0.102. The number of aryl methyl sites for hydroxylation is 1. The van der Waals surface area contributed by atoms with E-state index in [4.69, 9.17) is 0 Å². The maximum Gasteiger partial charge on any atom is 0.257 e. The smallest absolute Gasteiger partial charge is 0.257 e. The Kier molecular flexibility index (Phi) is 4.76. The van der Waals surface area contributed by atoms with Gasteiger partial charge in [0, 0.05) is 19.3 Å². The second-order valence-corrected chi connectivity index (χ2v) is 6.23. The molecule has 1 saturated heterocycles. The van der Waals surface area contributed by atoms with E-state index in [1.54, 1.807) is 4.68 Å². The topological polar surface area (TPSA) is 50.2 Å². The monoisotopic (exact) mass is 312 g/mol. The van der Waals surface area contributed by atoms with Gasteiger partial charge in [0.25, 0.3) is 5.91 Å². The Balaban J connectivity index is 1.79. The van der Waals surface area contributed by atoms with Crippen LogP contribution in [0.15, 0.2) is 36.5 Å². The summed E-state index contributed by atoms with van der Waals surface area (Å²) in [5, 5.41) is 7.73. The van der Waals surface area contributed by atoms with E-state index < -0.39 is 0 Å². The van der Waals surface area contributed by atoms with Crippen LogP contribution < -0.4 is 5.32 Å². The molecule has 0 spiro atoms. The van der Waals surface area contributed by atoms with Gasteiger partial charge in [0.15, 0.2) is 0 Å². The van der Waals surface area contributed by atoms with Crippen LogP contribution in [0.1, 0.15) is 28.9 Å². The Morgan fingerprint density at radius 1 is 1.35 bits per heavy atom. The van der Waals surface area contributed by atoms with E-state index in [1.807, 2.05) is 55.4 Å². The van der Waals surface area contributed by atoms with Crippen LogP contribution in [-0.2, 0) is 0 Å². The van der Waals surface area contributed by atoms with Crippen molar-refractivity contribution in [3.63, 3.8) is 0 Å². The van der Waals surface area contributed by atoms with Crippen LogP contribution in [0, 0.1) is 12.8 Å². The quantitative estimate of drug-likeness (QED) is 0.942. The van der Waals surface area contributed by atoms with E-state index in [1.165, 1.54) is 6.42 Å². The van der Waals surface area contributed by atoms with Crippen molar-refractivity contribution in [2.75, 3.05) is 26.7 Å². The Hall–Kier alpha value is -2.14. The maximum absolute atomic E-state index is 12.9. The number of piperidine rings is 1. The van der Waals surface area contributed by atoms with E-state index in [0.29, 0.717) is 11.5 Å². The first-order valence-electron chi connectivity index (χ1n) is 8.24. The van der Waals surface area contributed by atoms with Crippen LogP contribution in [-0.4, -0.2) is 47.3 Å². The van der Waals surface area contributed by atoms with Gasteiger partial charge in [-0.05, 0) is 51.4 Å². The summed E-state index contributed by atoms with van der Waals surface area (Å²) in [6.07, 6.45) is 4.12. The number of amides is 1. The van der Waals surface area contributed by atoms with Crippen LogP contribution in [0.5, 0.6) is 0 Å². The number of nitrogens with zero attached hydrogens (tertiary/aromatic N) is 3. The van der Waals surface area contributed by atoms with Crippen LogP contribution >= 0.6 is 0 Å². The number of carbonyl (C=O) groups is 1. The van der Waals surface area contributed by atoms with Crippen LogP contribution in [0.4, 0.5) is 0 Å². The van der Waals surface area contributed by atoms with Crippen LogP contribution in [0.3, 0.4) is 0 Å². The summed E-state index contributed by atoms with van der Waals surface area (Å²) >= 11 is 0. The highest BCUT2D eigenvalue weighted by molar-refractivity contribution is 5.95. The highest BCUT2D eigenvalue weighted by Gasteiger charge is 2.26. The molecule has 5 heteroatoms. The first kappa shape index (κ1) is 15.7. The number of carbonyl (C=O) groups excluding carboxylic acids is 1. The molecule has 1 aromatic carbocycles. The third-order valence-corrected chi connectivity index (χ3v) is 4.45. The molecule has 23 heavy (non-hydrogen) atoms. The number of likely N-dealkylation sites (tertiary alicyclic amines) is 1. The minimum atomic E-state index is 0.102. The Labute approximate surface area is 137 Å². The largest absolute Gasteiger partial charge is 0.338 e. The second-order valence-electron chi connectivity index (χ2n) is 6.23. The second kappa shape index (κ2) is 6.96. The molecule has 3 rings (SSSR count). The van der Waals surface area contributed by atoms with Crippen LogP contribution in [0.25, 0.3) is 5.69 Å². The van der Waals surface area contributed by atoms with Crippen molar-refractivity contribution in [2.45, 2.75) is 19.8 Å². The Bertz CT molecular complexity index is 663. The van der Waals surface area contributed by atoms with Gasteiger partial charge in [0.2, 0.25) is 0 Å². The molecule has 1 unspecified atom stereocenters. The van der Waals surface area contributed by atoms with Crippen molar-refractivity contribution >= 4 is 5.91 Å². The molecule has 0 radical (unpaired) electrons. The zero-order valence-corrected chi connectivity index (χ0v) is 13.8. The Morgan fingerprint density at radius 3 is 2.87 bits per heavy atom. The normalized spacial score (nSPS) is 18.2. The molecular formula is C18H24N4O. The molecule has 1 amide bonds. The third-order valence-electron chi connectivity index (χ3n) is 4.45. The predicted octanol–water partition coefficient (Wildman–Crippen LogP) is 2.25. The molecule has 1 fully saturated rings. The number of para-hydroxylation sites is 1. The summed E-state index contributed by atoms with van der Waals surface area (Å²) in [7, 11) is 1.97. The lowest BCUT2D eigenvalue weighted by Crippen LogP contribution is -2.42. The summed E-state index contributed by atoms with van der Waals surface area (Å²) in [5.41, 5.74) is 2.47. The standard InChI is InChI=1S/C18H24N4O/c1-14-17(13-22(20-14)16-8-4-3-5-9-16)18(23)21-10-6-7-15(12-21)11-19-2/h3-5,8-9,13,15,19H,6-7,10-12H2,1-2H3. The fourth-order valence-electron chi connectivity index (χ4n) is 3.26. The fourth-order valence-corrected chi connectivity index (χ4v) is 3.26. The number of benzene rings is 1. The molecule has 1 N–H and O–H groups in total. The molecular weight excluding hydrogens is 288 g/mol. The van der Waals surface area contributed by atoms with E-state index in [2.05, 4.69) is 10.4 Å². The molecule has 1 aromatic heterocycles. The minimum Gasteiger partial charge on any atom is -0.338 e. The number of hydrogen-bond acceptors (Lipinski definition) is 3. The van der Waals surface area contributed by atoms with Gasteiger partial charge in [0.1, 0.15) is 0 Å². The average Bonchev–Trinajstić information content (AvgIpc) is 2.97. The molecule has 5 nitrogen and oxygen atoms in total. The SMILES string of the molecule is CNCC1CCCN(C(=O)c2cn(-c3ccccc3)nc2C)C1. The average molecular weight is 312 g/mol. The van der Waals surface area contributed by atoms with Gasteiger partial charge in [-0.2, -0.15) is 5.10 Å². The molecule has 2 heterocycles. The van der Waals surface area contributed by atoms with E-state index in [-0.39, 0.29) is 5.91 Å². The zero-order valence-electron chi connectivity index (χ0n) is 13.8. The van der Waals surface area contributed by atoms with E-state index in [9.17, 15) is 4.79 Å². The van der Waals surface area contributed by atoms with Crippen molar-refractivity contribution < 1.29 is 4.79 Å². The van der Waals surface area contributed by atoms with E-state index >= 15 is 0 Å². The van der Waals surface area contributed by atoms with Crippen molar-refractivity contribution in [1.82, 2.24) is 20.0 Å². The molecule has 2 aromatic rings. The molecule has 122 valence electrons. The van der Waals surface area contributed by atoms with Crippen molar-refractivity contribution in [3.05, 3.63) is 47.8 Å². The fraction of sp³-hybridized carbons (Fsp3) is 0.444. The summed E-state index contributed by atoms with van der Waals surface area (Å²) in [4.78, 5) is 14.8. The van der Waals surface area contributed by atoms with Crippen molar-refractivity contribution in [2.24, 2.45) is 5.92 Å². The van der Waals surface area contributed by atoms with Gasteiger partial charge in [-0.25, -0.2) is 4.68 Å². The number of hydrogen-bond donors (Lipinski definition) is 1. The van der Waals surface area contributed by atoms with Gasteiger partial charge < -0.3 is 10.2 Å². The summed E-state index contributed by atoms with van der Waals surface area (Å²) < 4.78 is 1.79. The number of nitrogens with one attached hydrogen (secondary N) is 1. The molecule has 0 aliphatic carbocycles. The third kappa shape index (κ3) is 3.45. The first-order valence-corrected chi connectivity index (χ1v) is 8.24. The number of aromatic nitrogens is 2. The highest BCUT2D eigenvalue weighted by atomic mass is 16.2. The number of rotatable bonds is 4. The first-order chi connectivity index (χ1) is 11.2. The lowest BCUT2D eigenvalue weighted by molar-refractivity contribution is 0.0673. The summed E-state index contributed by atoms with van der Waals surface area (Å²) in [6.45, 7) is 4.54. The van der Waals surface area contributed by atoms with Crippen molar-refractivity contribution in [1.29, 1.82) is 0 Å². The summed E-state index contributed by atoms with van der Waals surface area (Å²) in [6, 6.07) is 9.90. The van der Waals surface area contributed by atoms with Gasteiger partial charge in [0.05, 0.1) is 16.9 Å². The zero-order chi connectivity index (χ0) is 16.2. The van der Waals surface area contributed by atoms with Gasteiger partial charge in [-0.3, -0.25) is 4.79 Å². The van der Waals surface area contributed by atoms with E-state index in [0.717, 1.165) is 37.4 Å². The van der Waals surface area contributed by atoms with Gasteiger partial charge in [-0.1, -0.05) is 18.2 Å². The molecule has 0 bridgehead atoms. The van der Waals surface area contributed by atoms with Crippen LogP contribution in [0.2, 0.25) is 0 Å². The molecule has 1 aliphatic heterocycles. The maximum atomic E-state index is 12.9. The van der Waals surface area contributed by atoms with Gasteiger partial charge >= 0.3 is 0 Å².